The maximum Gasteiger partial charge on any atom is 0.291 e. The van der Waals surface area contributed by atoms with E-state index in [9.17, 15) is 9.59 Å². The van der Waals surface area contributed by atoms with E-state index in [1.807, 2.05) is 0 Å². The molecule has 4 N–H and O–H groups in total. The van der Waals surface area contributed by atoms with Gasteiger partial charge < -0.3 is 20.8 Å². The molecule has 0 saturated heterocycles. The van der Waals surface area contributed by atoms with Crippen LogP contribution in [0.3, 0.4) is 0 Å². The van der Waals surface area contributed by atoms with Gasteiger partial charge in [-0.25, -0.2) is 0 Å². The summed E-state index contributed by atoms with van der Waals surface area (Å²) in [5.74, 6) is -0.737. The van der Waals surface area contributed by atoms with Crippen molar-refractivity contribution in [2.45, 2.75) is 19.9 Å². The number of furan rings is 1. The molecule has 24 heavy (non-hydrogen) atoms. The monoisotopic (exact) mass is 371 g/mol. The lowest BCUT2D eigenvalue weighted by Crippen LogP contribution is -2.34. The molecule has 2 atom stereocenters. The molecule has 6 nitrogen and oxygen atoms in total. The van der Waals surface area contributed by atoms with Gasteiger partial charge in [-0.3, -0.25) is 9.59 Å². The Morgan fingerprint density at radius 3 is 2.46 bits per heavy atom. The second-order valence-electron chi connectivity index (χ2n) is 5.26. The van der Waals surface area contributed by atoms with Crippen LogP contribution in [-0.2, 0) is 4.79 Å². The first-order valence-electron chi connectivity index (χ1n) is 7.09. The molecule has 0 radical (unpaired) electrons. The molecule has 0 bridgehead atoms. The van der Waals surface area contributed by atoms with Gasteiger partial charge in [0, 0.05) is 11.7 Å². The fraction of sp³-hybridized carbons (Fsp3) is 0.250. The first-order chi connectivity index (χ1) is 10.9. The molecule has 2 rings (SSSR count). The van der Waals surface area contributed by atoms with Gasteiger partial charge >= 0.3 is 0 Å². The summed E-state index contributed by atoms with van der Waals surface area (Å²) in [4.78, 5) is 23.9. The van der Waals surface area contributed by atoms with Crippen LogP contribution in [0.15, 0.2) is 41.0 Å². The number of amides is 2. The van der Waals surface area contributed by atoms with Crippen molar-refractivity contribution < 1.29 is 14.0 Å². The van der Waals surface area contributed by atoms with E-state index < -0.39 is 5.91 Å². The number of nitrogens with two attached hydrogens (primary N) is 1. The van der Waals surface area contributed by atoms with Crippen molar-refractivity contribution in [1.29, 1.82) is 0 Å². The Bertz CT molecular complexity index is 703. The Morgan fingerprint density at radius 2 is 1.92 bits per heavy atom. The number of halogens is 2. The lowest BCUT2D eigenvalue weighted by atomic mass is 10.0. The molecule has 0 saturated carbocycles. The second-order valence-corrected chi connectivity index (χ2v) is 5.67. The first kappa shape index (κ1) is 20.0. The molecule has 8 heteroatoms. The number of benzene rings is 1. The minimum Gasteiger partial charge on any atom is -0.459 e. The van der Waals surface area contributed by atoms with Crippen LogP contribution in [0.25, 0.3) is 0 Å². The van der Waals surface area contributed by atoms with E-state index in [0.29, 0.717) is 16.4 Å². The van der Waals surface area contributed by atoms with Gasteiger partial charge in [-0.05, 0) is 37.3 Å². The summed E-state index contributed by atoms with van der Waals surface area (Å²) >= 11 is 6.14. The molecule has 2 aromatic rings. The summed E-state index contributed by atoms with van der Waals surface area (Å²) in [6.07, 6.45) is 1.41. The van der Waals surface area contributed by atoms with Gasteiger partial charge in [0.2, 0.25) is 5.91 Å². The standard InChI is InChI=1S/C16H18ClN3O3.ClH/c1-9(10(2)18)15(21)19-11-5-6-13(12(17)8-11)20-16(22)14-4-3-7-23-14;/h3-10H,18H2,1-2H3,(H,19,21)(H,20,22);1H. The maximum atomic E-state index is 12.0. The molecule has 1 aromatic carbocycles. The number of carbonyl (C=O) groups excluding carboxylic acids is 2. The second kappa shape index (κ2) is 8.73. The van der Waals surface area contributed by atoms with Crippen molar-refractivity contribution in [2.75, 3.05) is 10.6 Å². The van der Waals surface area contributed by atoms with Gasteiger partial charge in [0.05, 0.1) is 22.9 Å². The average molecular weight is 372 g/mol. The lowest BCUT2D eigenvalue weighted by molar-refractivity contribution is -0.119. The first-order valence-corrected chi connectivity index (χ1v) is 7.47. The fourth-order valence-corrected chi connectivity index (χ4v) is 2.01. The number of anilines is 2. The van der Waals surface area contributed by atoms with Gasteiger partial charge in [0.25, 0.3) is 5.91 Å². The van der Waals surface area contributed by atoms with Gasteiger partial charge in [0.15, 0.2) is 5.76 Å². The third-order valence-corrected chi connectivity index (χ3v) is 3.74. The molecule has 0 spiro atoms. The highest BCUT2D eigenvalue weighted by molar-refractivity contribution is 6.34. The molecule has 0 fully saturated rings. The maximum absolute atomic E-state index is 12.0. The van der Waals surface area contributed by atoms with E-state index in [2.05, 4.69) is 10.6 Å². The molecule has 0 aliphatic carbocycles. The van der Waals surface area contributed by atoms with Crippen molar-refractivity contribution in [3.63, 3.8) is 0 Å². The van der Waals surface area contributed by atoms with E-state index in [4.69, 9.17) is 21.8 Å². The summed E-state index contributed by atoms with van der Waals surface area (Å²) in [6, 6.07) is 7.73. The average Bonchev–Trinajstić information content (AvgIpc) is 3.03. The molecule has 130 valence electrons. The molecule has 0 aliphatic rings. The highest BCUT2D eigenvalue weighted by atomic mass is 35.5. The minimum absolute atomic E-state index is 0. The summed E-state index contributed by atoms with van der Waals surface area (Å²) in [7, 11) is 0. The van der Waals surface area contributed by atoms with Crippen LogP contribution in [0.1, 0.15) is 24.4 Å². The van der Waals surface area contributed by atoms with Crippen LogP contribution in [-0.4, -0.2) is 17.9 Å². The minimum atomic E-state index is -0.403. The van der Waals surface area contributed by atoms with Crippen LogP contribution in [0.2, 0.25) is 5.02 Å². The van der Waals surface area contributed by atoms with Crippen LogP contribution in [0, 0.1) is 5.92 Å². The molecule has 2 unspecified atom stereocenters. The zero-order valence-corrected chi connectivity index (χ0v) is 14.8. The highest BCUT2D eigenvalue weighted by Crippen LogP contribution is 2.26. The van der Waals surface area contributed by atoms with Crippen molar-refractivity contribution in [2.24, 2.45) is 11.7 Å². The number of hydrogen-bond donors (Lipinski definition) is 3. The molecule has 0 aliphatic heterocycles. The molecular formula is C16H19Cl2N3O3. The Labute approximate surface area is 151 Å². The SMILES string of the molecule is CC(N)C(C)C(=O)Nc1ccc(NC(=O)c2ccco2)c(Cl)c1.Cl. The Morgan fingerprint density at radius 1 is 1.21 bits per heavy atom. The smallest absolute Gasteiger partial charge is 0.291 e. The van der Waals surface area contributed by atoms with Gasteiger partial charge in [0.1, 0.15) is 0 Å². The van der Waals surface area contributed by atoms with Crippen molar-refractivity contribution in [1.82, 2.24) is 0 Å². The van der Waals surface area contributed by atoms with Crippen LogP contribution in [0.5, 0.6) is 0 Å². The lowest BCUT2D eigenvalue weighted by Gasteiger charge is -2.16. The number of carbonyl (C=O) groups is 2. The van der Waals surface area contributed by atoms with E-state index in [1.165, 1.54) is 6.26 Å². The van der Waals surface area contributed by atoms with Gasteiger partial charge in [-0.15, -0.1) is 12.4 Å². The Hall–Kier alpha value is -2.02. The normalized spacial score (nSPS) is 12.7. The highest BCUT2D eigenvalue weighted by Gasteiger charge is 2.17. The summed E-state index contributed by atoms with van der Waals surface area (Å²) < 4.78 is 5.01. The van der Waals surface area contributed by atoms with Gasteiger partial charge in [-0.1, -0.05) is 18.5 Å². The predicted molar refractivity (Wildman–Crippen MR) is 96.8 cm³/mol. The Kier molecular flexibility index (Phi) is 7.28. The number of rotatable bonds is 5. The van der Waals surface area contributed by atoms with Gasteiger partial charge in [-0.2, -0.15) is 0 Å². The summed E-state index contributed by atoms with van der Waals surface area (Å²) in [5, 5.41) is 5.68. The Balaban J connectivity index is 0.00000288. The number of nitrogens with one attached hydrogen (secondary N) is 2. The van der Waals surface area contributed by atoms with Crippen molar-refractivity contribution in [3.8, 4) is 0 Å². The topological polar surface area (TPSA) is 97.4 Å². The zero-order valence-electron chi connectivity index (χ0n) is 13.2. The van der Waals surface area contributed by atoms with E-state index in [0.717, 1.165) is 0 Å². The summed E-state index contributed by atoms with van der Waals surface area (Å²) in [6.45, 7) is 3.52. The van der Waals surface area contributed by atoms with Crippen LogP contribution < -0.4 is 16.4 Å². The zero-order chi connectivity index (χ0) is 17.0. The van der Waals surface area contributed by atoms with E-state index in [1.54, 1.807) is 44.2 Å². The molecular weight excluding hydrogens is 353 g/mol. The van der Waals surface area contributed by atoms with Crippen molar-refractivity contribution >= 4 is 47.2 Å². The van der Waals surface area contributed by atoms with E-state index >= 15 is 0 Å². The molecule has 1 heterocycles. The van der Waals surface area contributed by atoms with Crippen molar-refractivity contribution in [3.05, 3.63) is 47.4 Å². The van der Waals surface area contributed by atoms with E-state index in [-0.39, 0.29) is 36.0 Å². The fourth-order valence-electron chi connectivity index (χ4n) is 1.78. The predicted octanol–water partition coefficient (Wildman–Crippen LogP) is 3.53. The third-order valence-electron chi connectivity index (χ3n) is 3.43. The number of hydrogen-bond acceptors (Lipinski definition) is 4. The quantitative estimate of drug-likeness (QED) is 0.748. The molecule has 2 amide bonds. The van der Waals surface area contributed by atoms with Crippen LogP contribution >= 0.6 is 24.0 Å². The third kappa shape index (κ3) is 4.99. The molecule has 1 aromatic heterocycles. The summed E-state index contributed by atoms with van der Waals surface area (Å²) in [5.41, 5.74) is 6.66. The van der Waals surface area contributed by atoms with Crippen LogP contribution in [0.4, 0.5) is 11.4 Å². The largest absolute Gasteiger partial charge is 0.459 e.